The molecule has 0 amide bonds. The second-order valence-electron chi connectivity index (χ2n) is 3.46. The summed E-state index contributed by atoms with van der Waals surface area (Å²) in [6, 6.07) is 0. The summed E-state index contributed by atoms with van der Waals surface area (Å²) < 4.78 is 2.02. The fraction of sp³-hybridized carbons (Fsp3) is 0.444. The summed E-state index contributed by atoms with van der Waals surface area (Å²) in [5, 5.41) is 8.03. The Morgan fingerprint density at radius 3 is 2.87 bits per heavy atom. The number of hydrogen-bond donors (Lipinski definition) is 1. The van der Waals surface area contributed by atoms with Crippen LogP contribution in [0.4, 0.5) is 5.82 Å². The van der Waals surface area contributed by atoms with Gasteiger partial charge in [-0.25, -0.2) is 4.98 Å². The summed E-state index contributed by atoms with van der Waals surface area (Å²) in [5.41, 5.74) is 6.68. The van der Waals surface area contributed by atoms with Crippen LogP contribution < -0.4 is 5.73 Å². The van der Waals surface area contributed by atoms with E-state index < -0.39 is 0 Å². The average Bonchev–Trinajstić information content (AvgIpc) is 2.77. The second kappa shape index (κ2) is 4.12. The predicted molar refractivity (Wildman–Crippen MR) is 56.0 cm³/mol. The Hall–Kier alpha value is -1.85. The third-order valence-corrected chi connectivity index (χ3v) is 2.26. The van der Waals surface area contributed by atoms with Crippen molar-refractivity contribution in [3.63, 3.8) is 0 Å². The van der Waals surface area contributed by atoms with Crippen LogP contribution in [0.2, 0.25) is 0 Å². The van der Waals surface area contributed by atoms with E-state index in [0.29, 0.717) is 5.82 Å². The lowest BCUT2D eigenvalue weighted by molar-refractivity contribution is 0.509. The quantitative estimate of drug-likeness (QED) is 0.776. The molecule has 6 nitrogen and oxygen atoms in total. The number of rotatable bonds is 4. The maximum absolute atomic E-state index is 5.46. The Bertz CT molecular complexity index is 429. The van der Waals surface area contributed by atoms with E-state index in [1.54, 1.807) is 17.3 Å². The maximum atomic E-state index is 5.46. The first kappa shape index (κ1) is 9.70. The molecule has 2 aromatic heterocycles. The number of nitrogen functional groups attached to an aromatic ring is 1. The SMILES string of the molecule is Cn1cncc1CCCn1ncc(N)n1. The van der Waals surface area contributed by atoms with Crippen molar-refractivity contribution in [3.05, 3.63) is 24.4 Å². The molecule has 0 atom stereocenters. The van der Waals surface area contributed by atoms with E-state index in [9.17, 15) is 0 Å². The average molecular weight is 206 g/mol. The van der Waals surface area contributed by atoms with E-state index in [1.165, 1.54) is 5.69 Å². The zero-order chi connectivity index (χ0) is 10.7. The Kier molecular flexibility index (Phi) is 2.66. The molecule has 0 fully saturated rings. The summed E-state index contributed by atoms with van der Waals surface area (Å²) >= 11 is 0. The molecule has 0 spiro atoms. The normalized spacial score (nSPS) is 10.7. The van der Waals surface area contributed by atoms with Gasteiger partial charge in [-0.05, 0) is 12.8 Å². The minimum Gasteiger partial charge on any atom is -0.381 e. The van der Waals surface area contributed by atoms with Crippen LogP contribution in [0.3, 0.4) is 0 Å². The highest BCUT2D eigenvalue weighted by Gasteiger charge is 2.00. The van der Waals surface area contributed by atoms with Crippen LogP contribution in [0.5, 0.6) is 0 Å². The van der Waals surface area contributed by atoms with Crippen LogP contribution >= 0.6 is 0 Å². The van der Waals surface area contributed by atoms with E-state index in [1.807, 2.05) is 17.8 Å². The number of hydrogen-bond acceptors (Lipinski definition) is 4. The smallest absolute Gasteiger partial charge is 0.165 e. The molecule has 0 unspecified atom stereocenters. The summed E-state index contributed by atoms with van der Waals surface area (Å²) in [7, 11) is 1.99. The first-order valence-electron chi connectivity index (χ1n) is 4.86. The number of nitrogens with two attached hydrogens (primary N) is 1. The standard InChI is InChI=1S/C9H14N6/c1-14-7-11-5-8(14)3-2-4-15-12-6-9(10)13-15/h5-7H,2-4H2,1H3,(H2,10,13). The van der Waals surface area contributed by atoms with Crippen molar-refractivity contribution in [1.82, 2.24) is 24.5 Å². The van der Waals surface area contributed by atoms with Gasteiger partial charge in [0.25, 0.3) is 0 Å². The van der Waals surface area contributed by atoms with Crippen LogP contribution in [-0.4, -0.2) is 24.5 Å². The summed E-state index contributed by atoms with van der Waals surface area (Å²) in [4.78, 5) is 5.67. The van der Waals surface area contributed by atoms with Gasteiger partial charge in [0.05, 0.1) is 19.1 Å². The first-order valence-corrected chi connectivity index (χ1v) is 4.86. The molecule has 2 aromatic rings. The zero-order valence-corrected chi connectivity index (χ0v) is 8.67. The highest BCUT2D eigenvalue weighted by molar-refractivity contribution is 5.19. The third kappa shape index (κ3) is 2.34. The largest absolute Gasteiger partial charge is 0.381 e. The molecule has 2 N–H and O–H groups in total. The molecule has 0 saturated carbocycles. The van der Waals surface area contributed by atoms with E-state index in [-0.39, 0.29) is 0 Å². The lowest BCUT2D eigenvalue weighted by Crippen LogP contribution is -2.05. The van der Waals surface area contributed by atoms with Crippen molar-refractivity contribution >= 4 is 5.82 Å². The topological polar surface area (TPSA) is 74.5 Å². The Morgan fingerprint density at radius 2 is 2.27 bits per heavy atom. The first-order chi connectivity index (χ1) is 7.25. The van der Waals surface area contributed by atoms with Gasteiger partial charge in [-0.1, -0.05) is 0 Å². The molecule has 2 rings (SSSR count). The molecule has 15 heavy (non-hydrogen) atoms. The van der Waals surface area contributed by atoms with E-state index in [2.05, 4.69) is 15.2 Å². The lowest BCUT2D eigenvalue weighted by Gasteiger charge is -2.01. The second-order valence-corrected chi connectivity index (χ2v) is 3.46. The highest BCUT2D eigenvalue weighted by Crippen LogP contribution is 2.02. The molecule has 0 bridgehead atoms. The molecule has 2 heterocycles. The number of aromatic nitrogens is 5. The molecule has 0 saturated heterocycles. The number of imidazole rings is 1. The third-order valence-electron chi connectivity index (χ3n) is 2.26. The van der Waals surface area contributed by atoms with Crippen molar-refractivity contribution in [1.29, 1.82) is 0 Å². The van der Waals surface area contributed by atoms with E-state index >= 15 is 0 Å². The molecule has 0 aliphatic carbocycles. The van der Waals surface area contributed by atoms with Gasteiger partial charge in [0.15, 0.2) is 5.82 Å². The fourth-order valence-corrected chi connectivity index (χ4v) is 1.45. The highest BCUT2D eigenvalue weighted by atomic mass is 15.5. The summed E-state index contributed by atoms with van der Waals surface area (Å²) in [6.45, 7) is 0.780. The Morgan fingerprint density at radius 1 is 1.40 bits per heavy atom. The van der Waals surface area contributed by atoms with Gasteiger partial charge in [-0.2, -0.15) is 9.90 Å². The molecule has 0 aliphatic rings. The van der Waals surface area contributed by atoms with Gasteiger partial charge in [0.1, 0.15) is 0 Å². The van der Waals surface area contributed by atoms with Crippen LogP contribution in [0.1, 0.15) is 12.1 Å². The minimum absolute atomic E-state index is 0.468. The van der Waals surface area contributed by atoms with Crippen molar-refractivity contribution in [3.8, 4) is 0 Å². The lowest BCUT2D eigenvalue weighted by atomic mass is 10.2. The van der Waals surface area contributed by atoms with Crippen molar-refractivity contribution in [2.24, 2.45) is 7.05 Å². The van der Waals surface area contributed by atoms with Gasteiger partial charge in [-0.3, -0.25) is 0 Å². The predicted octanol–water partition coefficient (Wildman–Crippen LogP) is 0.227. The van der Waals surface area contributed by atoms with E-state index in [0.717, 1.165) is 19.4 Å². The van der Waals surface area contributed by atoms with Crippen molar-refractivity contribution in [2.45, 2.75) is 19.4 Å². The van der Waals surface area contributed by atoms with Gasteiger partial charge in [-0.15, -0.1) is 5.10 Å². The number of anilines is 1. The zero-order valence-electron chi connectivity index (χ0n) is 8.67. The van der Waals surface area contributed by atoms with Gasteiger partial charge >= 0.3 is 0 Å². The molecule has 0 aromatic carbocycles. The summed E-state index contributed by atoms with van der Waals surface area (Å²) in [6.07, 6.45) is 7.19. The van der Waals surface area contributed by atoms with Crippen molar-refractivity contribution in [2.75, 3.05) is 5.73 Å². The molecule has 6 heteroatoms. The molecule has 0 radical (unpaired) electrons. The van der Waals surface area contributed by atoms with E-state index in [4.69, 9.17) is 5.73 Å². The van der Waals surface area contributed by atoms with Crippen LogP contribution in [0.25, 0.3) is 0 Å². The van der Waals surface area contributed by atoms with Crippen molar-refractivity contribution < 1.29 is 0 Å². The van der Waals surface area contributed by atoms with Crippen LogP contribution in [-0.2, 0) is 20.0 Å². The molecular weight excluding hydrogens is 192 g/mol. The fourth-order valence-electron chi connectivity index (χ4n) is 1.45. The van der Waals surface area contributed by atoms with Gasteiger partial charge < -0.3 is 10.3 Å². The molecular formula is C9H14N6. The minimum atomic E-state index is 0.468. The summed E-state index contributed by atoms with van der Waals surface area (Å²) in [5.74, 6) is 0.468. The van der Waals surface area contributed by atoms with Gasteiger partial charge in [0, 0.05) is 18.9 Å². The van der Waals surface area contributed by atoms with Crippen LogP contribution in [0, 0.1) is 0 Å². The maximum Gasteiger partial charge on any atom is 0.165 e. The number of nitrogens with zero attached hydrogens (tertiary/aromatic N) is 5. The van der Waals surface area contributed by atoms with Gasteiger partial charge in [0.2, 0.25) is 0 Å². The Labute approximate surface area is 87.7 Å². The van der Waals surface area contributed by atoms with Crippen LogP contribution in [0.15, 0.2) is 18.7 Å². The Balaban J connectivity index is 1.83. The molecule has 80 valence electrons. The monoisotopic (exact) mass is 206 g/mol. The number of aryl methyl sites for hydroxylation is 3. The molecule has 0 aliphatic heterocycles.